The number of quaternary nitrogens is 1. The minimum absolute atomic E-state index is 0.0126. The maximum Gasteiger partial charge on any atom is 0.193 e. The van der Waals surface area contributed by atoms with Gasteiger partial charge in [0.2, 0.25) is 0 Å². The lowest BCUT2D eigenvalue weighted by molar-refractivity contribution is -0.918. The molecule has 2 aromatic carbocycles. The molecule has 27 heavy (non-hydrogen) atoms. The number of aliphatic hydroxyl groups excluding tert-OH is 1. The Balaban J connectivity index is 1.49. The standard InChI is InChI=1S/C22H27NO4/c1-16-12-23(13-17(2)27-16)14-20(24)15-26-21-10-8-19(9-11-21)22(25)18-6-4-3-5-7-18/h3-11,16-17,20,24H,12-15H2,1-2H3/p+1/t16-,17+,20-/m0/s1. The van der Waals surface area contributed by atoms with Crippen molar-refractivity contribution >= 4 is 5.78 Å². The van der Waals surface area contributed by atoms with Crippen LogP contribution in [-0.2, 0) is 4.74 Å². The van der Waals surface area contributed by atoms with E-state index in [0.717, 1.165) is 13.1 Å². The van der Waals surface area contributed by atoms with E-state index in [4.69, 9.17) is 9.47 Å². The molecule has 2 N–H and O–H groups in total. The monoisotopic (exact) mass is 370 g/mol. The second-order valence-corrected chi connectivity index (χ2v) is 7.30. The summed E-state index contributed by atoms with van der Waals surface area (Å²) >= 11 is 0. The number of ketones is 1. The molecule has 5 nitrogen and oxygen atoms in total. The molecule has 0 radical (unpaired) electrons. The van der Waals surface area contributed by atoms with Gasteiger partial charge in [0.1, 0.15) is 50.3 Å². The van der Waals surface area contributed by atoms with Crippen LogP contribution in [0.5, 0.6) is 5.75 Å². The van der Waals surface area contributed by atoms with E-state index in [9.17, 15) is 9.90 Å². The zero-order chi connectivity index (χ0) is 19.2. The van der Waals surface area contributed by atoms with Crippen molar-refractivity contribution in [3.63, 3.8) is 0 Å². The first-order chi connectivity index (χ1) is 13.0. The first kappa shape index (κ1) is 19.5. The molecule has 2 aromatic rings. The van der Waals surface area contributed by atoms with Gasteiger partial charge in [-0.15, -0.1) is 0 Å². The van der Waals surface area contributed by atoms with E-state index in [1.165, 1.54) is 4.90 Å². The molecule has 1 aliphatic rings. The summed E-state index contributed by atoms with van der Waals surface area (Å²) in [6.07, 6.45) is -0.110. The van der Waals surface area contributed by atoms with Gasteiger partial charge in [-0.25, -0.2) is 0 Å². The predicted molar refractivity (Wildman–Crippen MR) is 103 cm³/mol. The highest BCUT2D eigenvalue weighted by Crippen LogP contribution is 2.15. The molecule has 0 aliphatic carbocycles. The van der Waals surface area contributed by atoms with E-state index in [2.05, 4.69) is 13.8 Å². The van der Waals surface area contributed by atoms with Crippen LogP contribution in [0.25, 0.3) is 0 Å². The van der Waals surface area contributed by atoms with Crippen molar-refractivity contribution in [1.82, 2.24) is 0 Å². The fourth-order valence-corrected chi connectivity index (χ4v) is 3.60. The molecule has 0 saturated carbocycles. The molecule has 1 aliphatic heterocycles. The quantitative estimate of drug-likeness (QED) is 0.723. The smallest absolute Gasteiger partial charge is 0.193 e. The molecular weight excluding hydrogens is 342 g/mol. The SMILES string of the molecule is C[C@@H]1C[NH+](C[C@H](O)COc2ccc(C(=O)c3ccccc3)cc2)C[C@H](C)O1. The summed E-state index contributed by atoms with van der Waals surface area (Å²) in [4.78, 5) is 13.7. The Morgan fingerprint density at radius 2 is 1.67 bits per heavy atom. The van der Waals surface area contributed by atoms with Crippen molar-refractivity contribution < 1.29 is 24.3 Å². The van der Waals surface area contributed by atoms with Gasteiger partial charge in [0, 0.05) is 11.1 Å². The summed E-state index contributed by atoms with van der Waals surface area (Å²) in [6.45, 7) is 6.81. The van der Waals surface area contributed by atoms with Crippen molar-refractivity contribution in [1.29, 1.82) is 0 Å². The second kappa shape index (κ2) is 9.13. The van der Waals surface area contributed by atoms with Crippen LogP contribution in [0.4, 0.5) is 0 Å². The van der Waals surface area contributed by atoms with Crippen LogP contribution in [0.1, 0.15) is 29.8 Å². The maximum atomic E-state index is 12.4. The van der Waals surface area contributed by atoms with Gasteiger partial charge in [0.05, 0.1) is 0 Å². The van der Waals surface area contributed by atoms with Crippen molar-refractivity contribution in [2.75, 3.05) is 26.2 Å². The lowest BCUT2D eigenvalue weighted by Gasteiger charge is -2.33. The number of carbonyl (C=O) groups excluding carboxylic acids is 1. The number of benzene rings is 2. The molecule has 1 saturated heterocycles. The number of hydrogen-bond acceptors (Lipinski definition) is 4. The van der Waals surface area contributed by atoms with Crippen LogP contribution >= 0.6 is 0 Å². The van der Waals surface area contributed by atoms with Crippen LogP contribution in [0.15, 0.2) is 54.6 Å². The van der Waals surface area contributed by atoms with E-state index in [1.807, 2.05) is 18.2 Å². The maximum absolute atomic E-state index is 12.4. The van der Waals surface area contributed by atoms with E-state index >= 15 is 0 Å². The first-order valence-electron chi connectivity index (χ1n) is 9.51. The Kier molecular flexibility index (Phi) is 6.61. The fraction of sp³-hybridized carbons (Fsp3) is 0.409. The highest BCUT2D eigenvalue weighted by molar-refractivity contribution is 6.08. The van der Waals surface area contributed by atoms with Crippen LogP contribution in [0, 0.1) is 0 Å². The molecule has 0 amide bonds. The number of morpholine rings is 1. The Bertz CT molecular complexity index is 722. The summed E-state index contributed by atoms with van der Waals surface area (Å²) in [5.74, 6) is 0.638. The average molecular weight is 370 g/mol. The summed E-state index contributed by atoms with van der Waals surface area (Å²) in [5, 5.41) is 10.3. The topological polar surface area (TPSA) is 60.2 Å². The highest BCUT2D eigenvalue weighted by Gasteiger charge is 2.27. The highest BCUT2D eigenvalue weighted by atomic mass is 16.5. The van der Waals surface area contributed by atoms with E-state index < -0.39 is 6.10 Å². The van der Waals surface area contributed by atoms with Gasteiger partial charge in [-0.05, 0) is 38.1 Å². The molecule has 1 heterocycles. The van der Waals surface area contributed by atoms with Crippen LogP contribution in [-0.4, -0.2) is 55.4 Å². The lowest BCUT2D eigenvalue weighted by Crippen LogP contribution is -3.16. The average Bonchev–Trinajstić information content (AvgIpc) is 2.66. The van der Waals surface area contributed by atoms with Gasteiger partial charge in [-0.3, -0.25) is 4.79 Å². The Labute approximate surface area is 160 Å². The molecule has 1 unspecified atom stereocenters. The summed E-state index contributed by atoms with van der Waals surface area (Å²) < 4.78 is 11.4. The van der Waals surface area contributed by atoms with Crippen molar-refractivity contribution in [2.24, 2.45) is 0 Å². The van der Waals surface area contributed by atoms with Gasteiger partial charge in [-0.2, -0.15) is 0 Å². The second-order valence-electron chi connectivity index (χ2n) is 7.30. The normalized spacial score (nSPS) is 23.6. The van der Waals surface area contributed by atoms with E-state index in [0.29, 0.717) is 23.4 Å². The van der Waals surface area contributed by atoms with Crippen molar-refractivity contribution in [2.45, 2.75) is 32.2 Å². The number of rotatable bonds is 7. The third-order valence-corrected chi connectivity index (χ3v) is 4.74. The summed E-state index contributed by atoms with van der Waals surface area (Å²) in [6, 6.07) is 16.3. The van der Waals surface area contributed by atoms with E-state index in [1.54, 1.807) is 36.4 Å². The predicted octanol–water partition coefficient (Wildman–Crippen LogP) is 1.35. The molecular formula is C22H28NO4+. The largest absolute Gasteiger partial charge is 0.491 e. The van der Waals surface area contributed by atoms with Gasteiger partial charge < -0.3 is 19.5 Å². The molecule has 0 spiro atoms. The van der Waals surface area contributed by atoms with Gasteiger partial charge in [0.25, 0.3) is 0 Å². The van der Waals surface area contributed by atoms with Crippen molar-refractivity contribution in [3.05, 3.63) is 65.7 Å². The minimum atomic E-state index is -0.539. The lowest BCUT2D eigenvalue weighted by atomic mass is 10.0. The fourth-order valence-electron chi connectivity index (χ4n) is 3.60. The third kappa shape index (κ3) is 5.63. The number of nitrogens with one attached hydrogen (secondary N) is 1. The molecule has 4 atom stereocenters. The van der Waals surface area contributed by atoms with E-state index in [-0.39, 0.29) is 24.6 Å². The molecule has 5 heteroatoms. The van der Waals surface area contributed by atoms with Crippen molar-refractivity contribution in [3.8, 4) is 5.75 Å². The minimum Gasteiger partial charge on any atom is -0.491 e. The number of ether oxygens (including phenoxy) is 2. The number of aliphatic hydroxyl groups is 1. The molecule has 1 fully saturated rings. The third-order valence-electron chi connectivity index (χ3n) is 4.74. The zero-order valence-corrected chi connectivity index (χ0v) is 15.9. The van der Waals surface area contributed by atoms with Gasteiger partial charge >= 0.3 is 0 Å². The Morgan fingerprint density at radius 1 is 1.07 bits per heavy atom. The van der Waals surface area contributed by atoms with Crippen LogP contribution in [0.2, 0.25) is 0 Å². The summed E-state index contributed by atoms with van der Waals surface area (Å²) in [5.41, 5.74) is 1.29. The summed E-state index contributed by atoms with van der Waals surface area (Å²) in [7, 11) is 0. The van der Waals surface area contributed by atoms with Crippen LogP contribution < -0.4 is 9.64 Å². The Morgan fingerprint density at radius 3 is 2.30 bits per heavy atom. The molecule has 3 rings (SSSR count). The van der Waals surface area contributed by atoms with Gasteiger partial charge in [0.15, 0.2) is 5.78 Å². The molecule has 0 bridgehead atoms. The van der Waals surface area contributed by atoms with Gasteiger partial charge in [-0.1, -0.05) is 30.3 Å². The number of carbonyl (C=O) groups is 1. The first-order valence-corrected chi connectivity index (χ1v) is 9.51. The Hall–Kier alpha value is -2.21. The molecule has 144 valence electrons. The molecule has 0 aromatic heterocycles. The zero-order valence-electron chi connectivity index (χ0n) is 15.9. The number of hydrogen-bond donors (Lipinski definition) is 2. The van der Waals surface area contributed by atoms with Crippen LogP contribution in [0.3, 0.4) is 0 Å².